The number of hydrogen-bond donors (Lipinski definition) is 1. The Bertz CT molecular complexity index is 1060. The lowest BCUT2D eigenvalue weighted by atomic mass is 9.95. The zero-order chi connectivity index (χ0) is 20.4. The van der Waals surface area contributed by atoms with Crippen LogP contribution in [-0.4, -0.2) is 28.8 Å². The first kappa shape index (κ1) is 18.9. The first-order valence-electron chi connectivity index (χ1n) is 9.43. The summed E-state index contributed by atoms with van der Waals surface area (Å²) in [5.74, 6) is -1.06. The minimum Gasteiger partial charge on any atom is -0.465 e. The average Bonchev–Trinajstić information content (AvgIpc) is 3.14. The average molecular weight is 393 g/mol. The van der Waals surface area contributed by atoms with Crippen LogP contribution in [0.3, 0.4) is 0 Å². The number of aromatic nitrogens is 2. The number of benzene rings is 2. The highest BCUT2D eigenvalue weighted by molar-refractivity contribution is 6.04. The molecule has 0 saturated heterocycles. The number of rotatable bonds is 4. The third kappa shape index (κ3) is 3.76. The number of amides is 1. The fourth-order valence-electron chi connectivity index (χ4n) is 3.58. The molecule has 6 nitrogen and oxygen atoms in total. The summed E-state index contributed by atoms with van der Waals surface area (Å²) in [6.07, 6.45) is 3.62. The summed E-state index contributed by atoms with van der Waals surface area (Å²) < 4.78 is 19.7. The summed E-state index contributed by atoms with van der Waals surface area (Å²) >= 11 is 0. The Morgan fingerprint density at radius 1 is 1.03 bits per heavy atom. The van der Waals surface area contributed by atoms with Gasteiger partial charge in [0, 0.05) is 16.9 Å². The number of carbonyl (C=O) groups excluding carboxylic acids is 2. The zero-order valence-electron chi connectivity index (χ0n) is 15.9. The third-order valence-corrected chi connectivity index (χ3v) is 5.03. The molecule has 29 heavy (non-hydrogen) atoms. The van der Waals surface area contributed by atoms with E-state index in [0.717, 1.165) is 42.6 Å². The molecule has 0 aliphatic heterocycles. The van der Waals surface area contributed by atoms with Crippen molar-refractivity contribution in [1.29, 1.82) is 0 Å². The number of ether oxygens (including phenoxy) is 1. The molecule has 1 heterocycles. The van der Waals surface area contributed by atoms with Gasteiger partial charge >= 0.3 is 5.97 Å². The number of fused-ring (bicyclic) bond motifs is 1. The SMILES string of the molecule is COC(=O)c1ccc(NC(=O)c2nn(-c3ccc(F)cc3)c3c2CCCC3)cc1. The molecule has 0 spiro atoms. The number of nitrogens with zero attached hydrogens (tertiary/aromatic N) is 2. The van der Waals surface area contributed by atoms with Crippen LogP contribution >= 0.6 is 0 Å². The number of methoxy groups -OCH3 is 1. The van der Waals surface area contributed by atoms with Crippen LogP contribution in [0.5, 0.6) is 0 Å². The molecule has 3 aromatic rings. The summed E-state index contributed by atoms with van der Waals surface area (Å²) in [5.41, 5.74) is 4.00. The summed E-state index contributed by atoms with van der Waals surface area (Å²) in [4.78, 5) is 24.5. The number of nitrogens with one attached hydrogen (secondary N) is 1. The molecule has 0 unspecified atom stereocenters. The summed E-state index contributed by atoms with van der Waals surface area (Å²) in [5, 5.41) is 7.39. The maximum absolute atomic E-state index is 13.3. The number of anilines is 1. The molecule has 1 aliphatic rings. The lowest BCUT2D eigenvalue weighted by Gasteiger charge is -2.14. The predicted octanol–water partition coefficient (Wildman–Crippen LogP) is 3.93. The second-order valence-electron chi connectivity index (χ2n) is 6.89. The number of halogens is 1. The molecule has 4 rings (SSSR count). The first-order chi connectivity index (χ1) is 14.1. The largest absolute Gasteiger partial charge is 0.465 e. The maximum Gasteiger partial charge on any atom is 0.337 e. The van der Waals surface area contributed by atoms with Crippen molar-refractivity contribution in [3.05, 3.63) is 76.9 Å². The van der Waals surface area contributed by atoms with Crippen molar-refractivity contribution in [2.75, 3.05) is 12.4 Å². The highest BCUT2D eigenvalue weighted by Gasteiger charge is 2.25. The van der Waals surface area contributed by atoms with Crippen molar-refractivity contribution in [2.45, 2.75) is 25.7 Å². The van der Waals surface area contributed by atoms with Crippen LogP contribution in [-0.2, 0) is 17.6 Å². The number of carbonyl (C=O) groups is 2. The van der Waals surface area contributed by atoms with Gasteiger partial charge in [-0.1, -0.05) is 0 Å². The van der Waals surface area contributed by atoms with E-state index in [4.69, 9.17) is 0 Å². The van der Waals surface area contributed by atoms with E-state index >= 15 is 0 Å². The molecule has 1 N–H and O–H groups in total. The van der Waals surface area contributed by atoms with E-state index in [1.165, 1.54) is 19.2 Å². The molecule has 2 aromatic carbocycles. The molecule has 0 bridgehead atoms. The van der Waals surface area contributed by atoms with E-state index in [-0.39, 0.29) is 11.7 Å². The molecule has 0 fully saturated rings. The number of hydrogen-bond acceptors (Lipinski definition) is 4. The molecule has 0 radical (unpaired) electrons. The lowest BCUT2D eigenvalue weighted by molar-refractivity contribution is 0.0600. The second-order valence-corrected chi connectivity index (χ2v) is 6.89. The Morgan fingerprint density at radius 3 is 2.41 bits per heavy atom. The molecule has 0 saturated carbocycles. The normalized spacial score (nSPS) is 12.9. The summed E-state index contributed by atoms with van der Waals surface area (Å²) in [6, 6.07) is 12.6. The fourth-order valence-corrected chi connectivity index (χ4v) is 3.58. The third-order valence-electron chi connectivity index (χ3n) is 5.03. The first-order valence-corrected chi connectivity index (χ1v) is 9.43. The Labute approximate surface area is 167 Å². The lowest BCUT2D eigenvalue weighted by Crippen LogP contribution is -2.15. The van der Waals surface area contributed by atoms with Crippen molar-refractivity contribution < 1.29 is 18.7 Å². The van der Waals surface area contributed by atoms with Gasteiger partial charge in [-0.25, -0.2) is 13.9 Å². The quantitative estimate of drug-likeness (QED) is 0.682. The van der Waals surface area contributed by atoms with Crippen molar-refractivity contribution in [2.24, 2.45) is 0 Å². The van der Waals surface area contributed by atoms with E-state index in [2.05, 4.69) is 15.2 Å². The Kier molecular flexibility index (Phi) is 5.12. The molecule has 1 aliphatic carbocycles. The minimum absolute atomic E-state index is 0.310. The van der Waals surface area contributed by atoms with Gasteiger partial charge in [0.15, 0.2) is 5.69 Å². The van der Waals surface area contributed by atoms with Crippen LogP contribution in [0.1, 0.15) is 44.9 Å². The Hall–Kier alpha value is -3.48. The fraction of sp³-hybridized carbons (Fsp3) is 0.227. The molecule has 1 aromatic heterocycles. The molecule has 1 amide bonds. The second kappa shape index (κ2) is 7.87. The predicted molar refractivity (Wildman–Crippen MR) is 106 cm³/mol. The van der Waals surface area contributed by atoms with Crippen molar-refractivity contribution in [3.63, 3.8) is 0 Å². The van der Waals surface area contributed by atoms with Crippen LogP contribution in [0.2, 0.25) is 0 Å². The maximum atomic E-state index is 13.3. The minimum atomic E-state index is -0.435. The van der Waals surface area contributed by atoms with Crippen LogP contribution in [0.25, 0.3) is 5.69 Å². The Balaban J connectivity index is 1.63. The van der Waals surface area contributed by atoms with Crippen molar-refractivity contribution in [3.8, 4) is 5.69 Å². The van der Waals surface area contributed by atoms with Gasteiger partial charge < -0.3 is 10.1 Å². The van der Waals surface area contributed by atoms with E-state index in [1.807, 2.05) is 0 Å². The van der Waals surface area contributed by atoms with Gasteiger partial charge in [-0.15, -0.1) is 0 Å². The van der Waals surface area contributed by atoms with Crippen molar-refractivity contribution in [1.82, 2.24) is 9.78 Å². The van der Waals surface area contributed by atoms with Gasteiger partial charge in [-0.3, -0.25) is 4.79 Å². The zero-order valence-corrected chi connectivity index (χ0v) is 15.9. The van der Waals surface area contributed by atoms with Crippen LogP contribution in [0, 0.1) is 5.82 Å². The monoisotopic (exact) mass is 393 g/mol. The van der Waals surface area contributed by atoms with E-state index in [1.54, 1.807) is 41.1 Å². The summed E-state index contributed by atoms with van der Waals surface area (Å²) in [7, 11) is 1.32. The van der Waals surface area contributed by atoms with E-state index in [0.29, 0.717) is 16.9 Å². The van der Waals surface area contributed by atoms with E-state index < -0.39 is 5.97 Å². The van der Waals surface area contributed by atoms with Crippen LogP contribution in [0.15, 0.2) is 48.5 Å². The van der Waals surface area contributed by atoms with Crippen molar-refractivity contribution >= 4 is 17.6 Å². The Morgan fingerprint density at radius 2 is 1.72 bits per heavy atom. The topological polar surface area (TPSA) is 73.2 Å². The highest BCUT2D eigenvalue weighted by atomic mass is 19.1. The highest BCUT2D eigenvalue weighted by Crippen LogP contribution is 2.27. The molecule has 148 valence electrons. The van der Waals surface area contributed by atoms with Gasteiger partial charge in [-0.2, -0.15) is 5.10 Å². The van der Waals surface area contributed by atoms with E-state index in [9.17, 15) is 14.0 Å². The van der Waals surface area contributed by atoms with Gasteiger partial charge in [0.1, 0.15) is 5.82 Å². The summed E-state index contributed by atoms with van der Waals surface area (Å²) in [6.45, 7) is 0. The van der Waals surface area contributed by atoms with Gasteiger partial charge in [-0.05, 0) is 74.2 Å². The van der Waals surface area contributed by atoms with Gasteiger partial charge in [0.05, 0.1) is 18.4 Å². The van der Waals surface area contributed by atoms with Crippen LogP contribution in [0.4, 0.5) is 10.1 Å². The van der Waals surface area contributed by atoms with Crippen LogP contribution < -0.4 is 5.32 Å². The molecular weight excluding hydrogens is 373 g/mol. The number of esters is 1. The standard InChI is InChI=1S/C22H20FN3O3/c1-29-22(28)14-6-10-16(11-7-14)24-21(27)20-18-4-2-3-5-19(18)26(25-20)17-12-8-15(23)9-13-17/h6-13H,2-5H2,1H3,(H,24,27). The van der Waals surface area contributed by atoms with Gasteiger partial charge in [0.25, 0.3) is 5.91 Å². The molecule has 0 atom stereocenters. The molecular formula is C22H20FN3O3. The molecule has 7 heteroatoms. The smallest absolute Gasteiger partial charge is 0.337 e. The van der Waals surface area contributed by atoms with Gasteiger partial charge in [0.2, 0.25) is 0 Å².